The minimum Gasteiger partial charge on any atom is -0.382 e. The lowest BCUT2D eigenvalue weighted by Gasteiger charge is -2.36. The average Bonchev–Trinajstić information content (AvgIpc) is 2.28. The number of hydrogen-bond acceptors (Lipinski definition) is 3. The van der Waals surface area contributed by atoms with Crippen LogP contribution in [0.25, 0.3) is 0 Å². The zero-order chi connectivity index (χ0) is 12.4. The second-order valence-corrected chi connectivity index (χ2v) is 4.31. The van der Waals surface area contributed by atoms with Crippen LogP contribution in [0.15, 0.2) is 18.3 Å². The van der Waals surface area contributed by atoms with Gasteiger partial charge in [0.15, 0.2) is 0 Å². The minimum absolute atomic E-state index is 0.322. The van der Waals surface area contributed by atoms with Crippen molar-refractivity contribution in [2.75, 3.05) is 0 Å². The van der Waals surface area contributed by atoms with Crippen LogP contribution in [0.5, 0.6) is 0 Å². The number of nitriles is 1. The van der Waals surface area contributed by atoms with Gasteiger partial charge < -0.3 is 5.11 Å². The molecule has 1 heterocycles. The summed E-state index contributed by atoms with van der Waals surface area (Å²) < 4.78 is 12.7. The Labute approximate surface area is 94.6 Å². The third kappa shape index (κ3) is 1.91. The fourth-order valence-electron chi connectivity index (χ4n) is 1.66. The Balaban J connectivity index is 3.26. The van der Waals surface area contributed by atoms with Crippen LogP contribution in [0.3, 0.4) is 0 Å². The molecule has 86 valence electrons. The number of halogens is 1. The van der Waals surface area contributed by atoms with E-state index in [0.29, 0.717) is 12.1 Å². The van der Waals surface area contributed by atoms with E-state index in [-0.39, 0.29) is 0 Å². The SMILES string of the molecule is CCC(O)(c1ccc(F)cn1)C(C)(C)C#N. The summed E-state index contributed by atoms with van der Waals surface area (Å²) in [6.45, 7) is 5.05. The summed E-state index contributed by atoms with van der Waals surface area (Å²) in [7, 11) is 0. The molecule has 0 amide bonds. The quantitative estimate of drug-likeness (QED) is 0.854. The van der Waals surface area contributed by atoms with Gasteiger partial charge in [0.2, 0.25) is 0 Å². The molecule has 0 aliphatic rings. The number of pyridine rings is 1. The number of nitrogens with zero attached hydrogens (tertiary/aromatic N) is 2. The van der Waals surface area contributed by atoms with Crippen LogP contribution < -0.4 is 0 Å². The topological polar surface area (TPSA) is 56.9 Å². The maximum Gasteiger partial charge on any atom is 0.141 e. The molecule has 0 saturated heterocycles. The number of aliphatic hydroxyl groups is 1. The lowest BCUT2D eigenvalue weighted by molar-refractivity contribution is -0.0520. The second-order valence-electron chi connectivity index (χ2n) is 4.31. The Bertz CT molecular complexity index is 408. The van der Waals surface area contributed by atoms with Crippen molar-refractivity contribution < 1.29 is 9.50 Å². The molecular weight excluding hydrogens is 207 g/mol. The first-order valence-electron chi connectivity index (χ1n) is 5.13. The Kier molecular flexibility index (Phi) is 3.30. The third-order valence-electron chi connectivity index (χ3n) is 2.98. The van der Waals surface area contributed by atoms with Crippen LogP contribution in [0.4, 0.5) is 4.39 Å². The summed E-state index contributed by atoms with van der Waals surface area (Å²) in [4.78, 5) is 3.86. The van der Waals surface area contributed by atoms with Gasteiger partial charge in [-0.15, -0.1) is 0 Å². The van der Waals surface area contributed by atoms with E-state index in [4.69, 9.17) is 5.26 Å². The average molecular weight is 222 g/mol. The van der Waals surface area contributed by atoms with E-state index in [9.17, 15) is 9.50 Å². The van der Waals surface area contributed by atoms with E-state index >= 15 is 0 Å². The highest BCUT2D eigenvalue weighted by Gasteiger charge is 2.45. The van der Waals surface area contributed by atoms with Gasteiger partial charge in [0.05, 0.1) is 23.4 Å². The molecule has 1 N–H and O–H groups in total. The number of hydrogen-bond donors (Lipinski definition) is 1. The van der Waals surface area contributed by atoms with Crippen molar-refractivity contribution in [1.29, 1.82) is 5.26 Å². The maximum atomic E-state index is 12.7. The largest absolute Gasteiger partial charge is 0.382 e. The van der Waals surface area contributed by atoms with Crippen molar-refractivity contribution in [3.8, 4) is 6.07 Å². The fraction of sp³-hybridized carbons (Fsp3) is 0.500. The highest BCUT2D eigenvalue weighted by Crippen LogP contribution is 2.40. The summed E-state index contributed by atoms with van der Waals surface area (Å²) in [5.41, 5.74) is -2.02. The van der Waals surface area contributed by atoms with Crippen LogP contribution in [0, 0.1) is 22.6 Å². The smallest absolute Gasteiger partial charge is 0.141 e. The van der Waals surface area contributed by atoms with Crippen molar-refractivity contribution in [3.05, 3.63) is 29.8 Å². The predicted octanol–water partition coefficient (Wildman–Crippen LogP) is 2.37. The zero-order valence-corrected chi connectivity index (χ0v) is 9.66. The first-order valence-corrected chi connectivity index (χ1v) is 5.13. The molecule has 0 spiro atoms. The molecule has 1 unspecified atom stereocenters. The van der Waals surface area contributed by atoms with E-state index in [1.807, 2.05) is 0 Å². The van der Waals surface area contributed by atoms with Gasteiger partial charge in [-0.1, -0.05) is 6.92 Å². The molecule has 0 aromatic carbocycles. The van der Waals surface area contributed by atoms with E-state index in [0.717, 1.165) is 6.20 Å². The van der Waals surface area contributed by atoms with E-state index < -0.39 is 16.8 Å². The summed E-state index contributed by atoms with van der Waals surface area (Å²) in [5, 5.41) is 19.6. The van der Waals surface area contributed by atoms with Crippen LogP contribution in [-0.4, -0.2) is 10.1 Å². The van der Waals surface area contributed by atoms with Gasteiger partial charge in [-0.25, -0.2) is 4.39 Å². The Morgan fingerprint density at radius 1 is 1.50 bits per heavy atom. The van der Waals surface area contributed by atoms with Crippen molar-refractivity contribution in [2.24, 2.45) is 5.41 Å². The molecule has 0 aliphatic heterocycles. The molecular formula is C12H15FN2O. The van der Waals surface area contributed by atoms with E-state index in [1.165, 1.54) is 12.1 Å². The third-order valence-corrected chi connectivity index (χ3v) is 2.98. The summed E-state index contributed by atoms with van der Waals surface area (Å²) in [6.07, 6.45) is 1.38. The van der Waals surface area contributed by atoms with Gasteiger partial charge in [0.25, 0.3) is 0 Å². The summed E-state index contributed by atoms with van der Waals surface area (Å²) >= 11 is 0. The van der Waals surface area contributed by atoms with Gasteiger partial charge in [-0.2, -0.15) is 5.26 Å². The molecule has 0 aliphatic carbocycles. The Morgan fingerprint density at radius 2 is 2.12 bits per heavy atom. The van der Waals surface area contributed by atoms with Crippen molar-refractivity contribution >= 4 is 0 Å². The van der Waals surface area contributed by atoms with E-state index in [1.54, 1.807) is 20.8 Å². The monoisotopic (exact) mass is 222 g/mol. The van der Waals surface area contributed by atoms with Gasteiger partial charge in [0, 0.05) is 0 Å². The van der Waals surface area contributed by atoms with Crippen LogP contribution in [0.1, 0.15) is 32.9 Å². The van der Waals surface area contributed by atoms with Gasteiger partial charge >= 0.3 is 0 Å². The standard InChI is InChI=1S/C12H15FN2O/c1-4-12(16,11(2,3)8-14)10-6-5-9(13)7-15-10/h5-7,16H,4H2,1-3H3. The van der Waals surface area contributed by atoms with Crippen molar-refractivity contribution in [3.63, 3.8) is 0 Å². The molecule has 1 atom stereocenters. The van der Waals surface area contributed by atoms with Gasteiger partial charge in [-0.05, 0) is 32.4 Å². The molecule has 0 radical (unpaired) electrons. The predicted molar refractivity (Wildman–Crippen MR) is 57.8 cm³/mol. The van der Waals surface area contributed by atoms with Crippen LogP contribution in [-0.2, 0) is 5.60 Å². The molecule has 0 bridgehead atoms. The molecule has 1 aromatic rings. The summed E-state index contributed by atoms with van der Waals surface area (Å²) in [6, 6.07) is 4.71. The molecule has 1 aromatic heterocycles. The fourth-order valence-corrected chi connectivity index (χ4v) is 1.66. The highest BCUT2D eigenvalue weighted by molar-refractivity contribution is 5.21. The molecule has 3 nitrogen and oxygen atoms in total. The number of rotatable bonds is 3. The Morgan fingerprint density at radius 3 is 2.50 bits per heavy atom. The first kappa shape index (κ1) is 12.6. The maximum absolute atomic E-state index is 12.7. The minimum atomic E-state index is -1.37. The molecule has 0 saturated carbocycles. The van der Waals surface area contributed by atoms with Gasteiger partial charge in [-0.3, -0.25) is 4.98 Å². The normalized spacial score (nSPS) is 15.2. The molecule has 16 heavy (non-hydrogen) atoms. The van der Waals surface area contributed by atoms with Gasteiger partial charge in [0.1, 0.15) is 11.4 Å². The van der Waals surface area contributed by atoms with Crippen LogP contribution >= 0.6 is 0 Å². The van der Waals surface area contributed by atoms with Crippen LogP contribution in [0.2, 0.25) is 0 Å². The molecule has 0 fully saturated rings. The van der Waals surface area contributed by atoms with Crippen molar-refractivity contribution in [1.82, 2.24) is 4.98 Å². The highest BCUT2D eigenvalue weighted by atomic mass is 19.1. The molecule has 1 rings (SSSR count). The Hall–Kier alpha value is -1.47. The lowest BCUT2D eigenvalue weighted by Crippen LogP contribution is -2.41. The lowest BCUT2D eigenvalue weighted by atomic mass is 9.72. The summed E-state index contributed by atoms with van der Waals surface area (Å²) in [5.74, 6) is -0.461. The molecule has 4 heteroatoms. The second kappa shape index (κ2) is 4.18. The zero-order valence-electron chi connectivity index (χ0n) is 9.66. The van der Waals surface area contributed by atoms with E-state index in [2.05, 4.69) is 11.1 Å². The number of aromatic nitrogens is 1. The first-order chi connectivity index (χ1) is 7.37. The van der Waals surface area contributed by atoms with Crippen molar-refractivity contribution in [2.45, 2.75) is 32.8 Å².